The normalized spacial score (nSPS) is 18.8. The van der Waals surface area contributed by atoms with E-state index in [0.717, 1.165) is 11.3 Å². The zero-order valence-corrected chi connectivity index (χ0v) is 10.4. The van der Waals surface area contributed by atoms with E-state index in [1.807, 2.05) is 24.3 Å². The first-order valence-corrected chi connectivity index (χ1v) is 6.08. The van der Waals surface area contributed by atoms with Gasteiger partial charge < -0.3 is 14.6 Å². The van der Waals surface area contributed by atoms with Crippen molar-refractivity contribution in [1.82, 2.24) is 0 Å². The van der Waals surface area contributed by atoms with Crippen molar-refractivity contribution in [1.29, 1.82) is 0 Å². The topological polar surface area (TPSA) is 38.7 Å². The van der Waals surface area contributed by atoms with E-state index in [0.29, 0.717) is 12.3 Å². The molecule has 1 aromatic carbocycles. The van der Waals surface area contributed by atoms with Crippen molar-refractivity contribution in [3.63, 3.8) is 0 Å². The van der Waals surface area contributed by atoms with E-state index in [1.54, 1.807) is 14.2 Å². The molecule has 3 nitrogen and oxygen atoms in total. The smallest absolute Gasteiger partial charge is 0.119 e. The average Bonchev–Trinajstić information content (AvgIpc) is 3.15. The van der Waals surface area contributed by atoms with E-state index in [2.05, 4.69) is 0 Å². The van der Waals surface area contributed by atoms with Gasteiger partial charge in [-0.15, -0.1) is 0 Å². The fourth-order valence-corrected chi connectivity index (χ4v) is 2.25. The Balaban J connectivity index is 1.98. The lowest BCUT2D eigenvalue weighted by Crippen LogP contribution is -2.31. The Morgan fingerprint density at radius 1 is 1.35 bits per heavy atom. The maximum Gasteiger partial charge on any atom is 0.119 e. The van der Waals surface area contributed by atoms with Gasteiger partial charge in [0.15, 0.2) is 0 Å². The fraction of sp³-hybridized carbons (Fsp3) is 0.571. The molecule has 1 fully saturated rings. The standard InChI is InChI=1S/C14H20O3/c1-16-12-5-3-4-10(8-12)9-13(15)14(17-2)11-6-7-11/h3-5,8,11,13-15H,6-7,9H2,1-2H3. The van der Waals surface area contributed by atoms with Gasteiger partial charge in [0.1, 0.15) is 5.75 Å². The first kappa shape index (κ1) is 12.4. The van der Waals surface area contributed by atoms with E-state index >= 15 is 0 Å². The summed E-state index contributed by atoms with van der Waals surface area (Å²) in [5.41, 5.74) is 1.08. The van der Waals surface area contributed by atoms with Gasteiger partial charge >= 0.3 is 0 Å². The van der Waals surface area contributed by atoms with Crippen molar-refractivity contribution in [2.24, 2.45) is 5.92 Å². The summed E-state index contributed by atoms with van der Waals surface area (Å²) in [7, 11) is 3.33. The Hall–Kier alpha value is -1.06. The number of methoxy groups -OCH3 is 2. The summed E-state index contributed by atoms with van der Waals surface area (Å²) in [5.74, 6) is 1.37. The molecule has 0 aliphatic heterocycles. The van der Waals surface area contributed by atoms with Crippen molar-refractivity contribution in [2.75, 3.05) is 14.2 Å². The average molecular weight is 236 g/mol. The lowest BCUT2D eigenvalue weighted by molar-refractivity contribution is -0.0237. The Kier molecular flexibility index (Phi) is 4.02. The second kappa shape index (κ2) is 5.52. The molecule has 2 unspecified atom stereocenters. The summed E-state index contributed by atoms with van der Waals surface area (Å²) in [6.45, 7) is 0. The number of ether oxygens (including phenoxy) is 2. The molecule has 1 N–H and O–H groups in total. The van der Waals surface area contributed by atoms with Gasteiger partial charge in [0, 0.05) is 13.5 Å². The third kappa shape index (κ3) is 3.20. The van der Waals surface area contributed by atoms with Gasteiger partial charge in [-0.05, 0) is 36.5 Å². The van der Waals surface area contributed by atoms with Crippen LogP contribution in [-0.4, -0.2) is 31.5 Å². The Bertz CT molecular complexity index is 360. The molecule has 0 amide bonds. The first-order valence-electron chi connectivity index (χ1n) is 6.08. The maximum atomic E-state index is 10.2. The van der Waals surface area contributed by atoms with Gasteiger partial charge in [-0.25, -0.2) is 0 Å². The minimum atomic E-state index is -0.431. The van der Waals surface area contributed by atoms with Crippen LogP contribution >= 0.6 is 0 Å². The molecule has 1 aromatic rings. The third-order valence-corrected chi connectivity index (χ3v) is 3.32. The zero-order valence-electron chi connectivity index (χ0n) is 10.4. The highest BCUT2D eigenvalue weighted by atomic mass is 16.5. The minimum Gasteiger partial charge on any atom is -0.497 e. The van der Waals surface area contributed by atoms with Crippen LogP contribution in [0.25, 0.3) is 0 Å². The molecule has 0 aromatic heterocycles. The first-order chi connectivity index (χ1) is 8.24. The summed E-state index contributed by atoms with van der Waals surface area (Å²) in [6.07, 6.45) is 2.51. The lowest BCUT2D eigenvalue weighted by atomic mass is 10.0. The molecule has 2 rings (SSSR count). The van der Waals surface area contributed by atoms with E-state index in [1.165, 1.54) is 12.8 Å². The summed E-state index contributed by atoms with van der Waals surface area (Å²) in [4.78, 5) is 0. The van der Waals surface area contributed by atoms with E-state index in [4.69, 9.17) is 9.47 Å². The number of aliphatic hydroxyl groups excluding tert-OH is 1. The molecular weight excluding hydrogens is 216 g/mol. The summed E-state index contributed by atoms with van der Waals surface area (Å²) < 4.78 is 10.6. The Morgan fingerprint density at radius 2 is 2.12 bits per heavy atom. The van der Waals surface area contributed by atoms with Crippen LogP contribution in [0.4, 0.5) is 0 Å². The quantitative estimate of drug-likeness (QED) is 0.821. The Labute approximate surface area is 102 Å². The predicted molar refractivity (Wildman–Crippen MR) is 66.2 cm³/mol. The fourth-order valence-electron chi connectivity index (χ4n) is 2.25. The highest BCUT2D eigenvalue weighted by Crippen LogP contribution is 2.36. The molecule has 0 saturated heterocycles. The van der Waals surface area contributed by atoms with Crippen LogP contribution in [0.15, 0.2) is 24.3 Å². The summed E-state index contributed by atoms with van der Waals surface area (Å²) >= 11 is 0. The molecule has 0 spiro atoms. The molecule has 0 heterocycles. The van der Waals surface area contributed by atoms with Crippen molar-refractivity contribution in [2.45, 2.75) is 31.5 Å². The molecule has 2 atom stereocenters. The van der Waals surface area contributed by atoms with Crippen LogP contribution in [0.5, 0.6) is 5.75 Å². The van der Waals surface area contributed by atoms with Gasteiger partial charge in [-0.1, -0.05) is 12.1 Å². The number of rotatable bonds is 6. The second-order valence-corrected chi connectivity index (χ2v) is 4.66. The highest BCUT2D eigenvalue weighted by molar-refractivity contribution is 5.28. The molecule has 94 valence electrons. The monoisotopic (exact) mass is 236 g/mol. The van der Waals surface area contributed by atoms with Crippen LogP contribution in [0.2, 0.25) is 0 Å². The summed E-state index contributed by atoms with van der Waals surface area (Å²) in [6, 6.07) is 7.82. The number of benzene rings is 1. The third-order valence-electron chi connectivity index (χ3n) is 3.32. The van der Waals surface area contributed by atoms with Gasteiger partial charge in [-0.2, -0.15) is 0 Å². The van der Waals surface area contributed by atoms with Crippen molar-refractivity contribution in [3.8, 4) is 5.75 Å². The van der Waals surface area contributed by atoms with E-state index in [-0.39, 0.29) is 6.10 Å². The zero-order chi connectivity index (χ0) is 12.3. The second-order valence-electron chi connectivity index (χ2n) is 4.66. The lowest BCUT2D eigenvalue weighted by Gasteiger charge is -2.21. The molecule has 0 bridgehead atoms. The van der Waals surface area contributed by atoms with Crippen LogP contribution in [0.1, 0.15) is 18.4 Å². The van der Waals surface area contributed by atoms with E-state index in [9.17, 15) is 5.11 Å². The van der Waals surface area contributed by atoms with Crippen molar-refractivity contribution in [3.05, 3.63) is 29.8 Å². The molecule has 1 aliphatic rings. The van der Waals surface area contributed by atoms with Gasteiger partial charge in [0.2, 0.25) is 0 Å². The maximum absolute atomic E-state index is 10.2. The van der Waals surface area contributed by atoms with E-state index < -0.39 is 6.10 Å². The Morgan fingerprint density at radius 3 is 2.71 bits per heavy atom. The molecule has 1 aliphatic carbocycles. The van der Waals surface area contributed by atoms with Crippen molar-refractivity contribution >= 4 is 0 Å². The predicted octanol–water partition coefficient (Wildman–Crippen LogP) is 2.02. The highest BCUT2D eigenvalue weighted by Gasteiger charge is 2.35. The van der Waals surface area contributed by atoms with Crippen LogP contribution in [-0.2, 0) is 11.2 Å². The van der Waals surface area contributed by atoms with Gasteiger partial charge in [-0.3, -0.25) is 0 Å². The summed E-state index contributed by atoms with van der Waals surface area (Å²) in [5, 5.41) is 10.2. The number of aliphatic hydroxyl groups is 1. The SMILES string of the molecule is COc1cccc(CC(O)C(OC)C2CC2)c1. The number of hydrogen-bond acceptors (Lipinski definition) is 3. The molecule has 3 heteroatoms. The van der Waals surface area contributed by atoms with Crippen molar-refractivity contribution < 1.29 is 14.6 Å². The van der Waals surface area contributed by atoms with Crippen LogP contribution < -0.4 is 4.74 Å². The molecule has 17 heavy (non-hydrogen) atoms. The molecular formula is C14H20O3. The van der Waals surface area contributed by atoms with Gasteiger partial charge in [0.05, 0.1) is 19.3 Å². The van der Waals surface area contributed by atoms with Gasteiger partial charge in [0.25, 0.3) is 0 Å². The van der Waals surface area contributed by atoms with Crippen LogP contribution in [0.3, 0.4) is 0 Å². The number of hydrogen-bond donors (Lipinski definition) is 1. The minimum absolute atomic E-state index is 0.0267. The largest absolute Gasteiger partial charge is 0.497 e. The molecule has 1 saturated carbocycles. The molecule has 0 radical (unpaired) electrons. The van der Waals surface area contributed by atoms with Crippen LogP contribution in [0, 0.1) is 5.92 Å².